The summed E-state index contributed by atoms with van der Waals surface area (Å²) in [6.07, 6.45) is -12.9. The van der Waals surface area contributed by atoms with Gasteiger partial charge in [-0.1, -0.05) is 15.9 Å². The van der Waals surface area contributed by atoms with E-state index in [1.165, 1.54) is 24.3 Å². The van der Waals surface area contributed by atoms with Gasteiger partial charge in [0.1, 0.15) is 0 Å². The molecule has 0 fully saturated rings. The van der Waals surface area contributed by atoms with Gasteiger partial charge in [-0.3, -0.25) is 4.79 Å². The maximum atomic E-state index is 13.5. The van der Waals surface area contributed by atoms with Gasteiger partial charge in [0.25, 0.3) is 5.91 Å². The molecule has 0 radical (unpaired) electrons. The first kappa shape index (κ1) is 21.2. The lowest BCUT2D eigenvalue weighted by molar-refractivity contribution is -0.322. The van der Waals surface area contributed by atoms with Crippen LogP contribution in [0.25, 0.3) is 0 Å². The van der Waals surface area contributed by atoms with E-state index in [9.17, 15) is 35.5 Å². The minimum Gasteiger partial charge on any atom is -0.348 e. The van der Waals surface area contributed by atoms with Crippen LogP contribution in [-0.4, -0.2) is 30.5 Å². The molecule has 0 aliphatic carbocycles. The van der Waals surface area contributed by atoms with E-state index in [4.69, 9.17) is 0 Å². The van der Waals surface area contributed by atoms with E-state index in [1.807, 2.05) is 0 Å². The van der Waals surface area contributed by atoms with Crippen LogP contribution in [0.15, 0.2) is 38.4 Å². The lowest BCUT2D eigenvalue weighted by Gasteiger charge is -2.27. The second kappa shape index (κ2) is 7.58. The number of nitrogens with one attached hydrogen (secondary N) is 1. The van der Waals surface area contributed by atoms with E-state index in [0.29, 0.717) is 4.47 Å². The van der Waals surface area contributed by atoms with Crippen LogP contribution in [0.1, 0.15) is 10.4 Å². The van der Waals surface area contributed by atoms with Crippen molar-refractivity contribution in [1.82, 2.24) is 5.32 Å². The molecule has 134 valence electrons. The number of benzene rings is 1. The lowest BCUT2D eigenvalue weighted by atomic mass is 10.0. The summed E-state index contributed by atoms with van der Waals surface area (Å²) in [6.45, 7) is -0.687. The van der Waals surface area contributed by atoms with Gasteiger partial charge in [0, 0.05) is 20.2 Å². The standard InChI is InChI=1S/C13H8BrF7INO/c14-8-3-1-7(2-4-8)10(24)23-6-9(22)5-11(15,12(16,17)18)13(19,20)21/h1-5H,6H2,(H,23,24). The van der Waals surface area contributed by atoms with Crippen LogP contribution in [0.3, 0.4) is 0 Å². The highest BCUT2D eigenvalue weighted by Gasteiger charge is 2.71. The molecule has 0 aromatic heterocycles. The van der Waals surface area contributed by atoms with Gasteiger partial charge in [-0.05, 0) is 52.9 Å². The SMILES string of the molecule is O=C(NCC(I)=CC(F)(C(F)(F)F)C(F)(F)F)c1ccc(Br)cc1. The van der Waals surface area contributed by atoms with Crippen LogP contribution < -0.4 is 5.32 Å². The predicted molar refractivity (Wildman–Crippen MR) is 84.5 cm³/mol. The van der Waals surface area contributed by atoms with E-state index < -0.39 is 40.1 Å². The molecule has 0 saturated heterocycles. The first-order chi connectivity index (χ1) is 10.8. The Kier molecular flexibility index (Phi) is 6.70. The molecule has 0 atom stereocenters. The fourth-order valence-corrected chi connectivity index (χ4v) is 2.34. The molecular formula is C13H8BrF7INO. The fourth-order valence-electron chi connectivity index (χ4n) is 1.46. The van der Waals surface area contributed by atoms with Crippen molar-refractivity contribution in [2.75, 3.05) is 6.54 Å². The molecule has 0 unspecified atom stereocenters. The van der Waals surface area contributed by atoms with Crippen molar-refractivity contribution < 1.29 is 35.5 Å². The summed E-state index contributed by atoms with van der Waals surface area (Å²) < 4.78 is 88.1. The summed E-state index contributed by atoms with van der Waals surface area (Å²) in [7, 11) is 0. The number of allylic oxidation sites excluding steroid dienone is 1. The van der Waals surface area contributed by atoms with Gasteiger partial charge in [-0.2, -0.15) is 26.3 Å². The van der Waals surface area contributed by atoms with Crippen molar-refractivity contribution in [3.8, 4) is 0 Å². The van der Waals surface area contributed by atoms with Gasteiger partial charge in [-0.25, -0.2) is 4.39 Å². The molecule has 1 rings (SSSR count). The first-order valence-corrected chi connectivity index (χ1v) is 7.88. The predicted octanol–water partition coefficient (Wildman–Crippen LogP) is 5.33. The molecule has 1 aromatic rings. The monoisotopic (exact) mass is 533 g/mol. The van der Waals surface area contributed by atoms with Crippen LogP contribution in [-0.2, 0) is 0 Å². The lowest BCUT2D eigenvalue weighted by Crippen LogP contribution is -2.52. The Morgan fingerprint density at radius 1 is 1.04 bits per heavy atom. The Morgan fingerprint density at radius 3 is 1.92 bits per heavy atom. The molecule has 1 N–H and O–H groups in total. The molecule has 11 heteroatoms. The minimum atomic E-state index is -6.17. The molecular weight excluding hydrogens is 526 g/mol. The number of carbonyl (C=O) groups is 1. The topological polar surface area (TPSA) is 29.1 Å². The highest BCUT2D eigenvalue weighted by molar-refractivity contribution is 14.1. The molecule has 1 aromatic carbocycles. The van der Waals surface area contributed by atoms with Gasteiger partial charge in [-0.15, -0.1) is 0 Å². The molecule has 1 amide bonds. The third-order valence-electron chi connectivity index (χ3n) is 2.70. The zero-order chi connectivity index (χ0) is 18.8. The van der Waals surface area contributed by atoms with Gasteiger partial charge in [0.2, 0.25) is 0 Å². The van der Waals surface area contributed by atoms with E-state index >= 15 is 0 Å². The molecule has 0 saturated carbocycles. The van der Waals surface area contributed by atoms with Crippen molar-refractivity contribution >= 4 is 44.4 Å². The minimum absolute atomic E-state index is 0.139. The number of carbonyl (C=O) groups excluding carboxylic acids is 1. The van der Waals surface area contributed by atoms with Crippen LogP contribution in [0, 0.1) is 0 Å². The zero-order valence-corrected chi connectivity index (χ0v) is 15.1. The average molecular weight is 534 g/mol. The van der Waals surface area contributed by atoms with Crippen molar-refractivity contribution in [3.05, 3.63) is 44.0 Å². The number of amides is 1. The van der Waals surface area contributed by atoms with Crippen LogP contribution in [0.4, 0.5) is 30.7 Å². The fraction of sp³-hybridized carbons (Fsp3) is 0.308. The maximum Gasteiger partial charge on any atom is 0.435 e. The molecule has 0 heterocycles. The summed E-state index contributed by atoms with van der Waals surface area (Å²) in [4.78, 5) is 11.7. The average Bonchev–Trinajstić information content (AvgIpc) is 2.43. The molecule has 24 heavy (non-hydrogen) atoms. The number of halogens is 9. The highest BCUT2D eigenvalue weighted by Crippen LogP contribution is 2.47. The van der Waals surface area contributed by atoms with Crippen molar-refractivity contribution in [3.63, 3.8) is 0 Å². The Balaban J connectivity index is 2.89. The van der Waals surface area contributed by atoms with E-state index in [1.54, 1.807) is 0 Å². The van der Waals surface area contributed by atoms with Crippen molar-refractivity contribution in [2.45, 2.75) is 18.0 Å². The highest BCUT2D eigenvalue weighted by atomic mass is 127. The van der Waals surface area contributed by atoms with Gasteiger partial charge < -0.3 is 5.32 Å². The molecule has 2 nitrogen and oxygen atoms in total. The van der Waals surface area contributed by atoms with Gasteiger partial charge in [0.05, 0.1) is 0 Å². The molecule has 0 aliphatic heterocycles. The van der Waals surface area contributed by atoms with E-state index in [-0.39, 0.29) is 5.56 Å². The van der Waals surface area contributed by atoms with Crippen LogP contribution in [0.2, 0.25) is 0 Å². The van der Waals surface area contributed by atoms with Gasteiger partial charge in [0.15, 0.2) is 0 Å². The number of hydrogen-bond acceptors (Lipinski definition) is 1. The normalized spacial score (nSPS) is 13.8. The van der Waals surface area contributed by atoms with E-state index in [2.05, 4.69) is 21.2 Å². The summed E-state index contributed by atoms with van der Waals surface area (Å²) in [5, 5.41) is 2.11. The van der Waals surface area contributed by atoms with Crippen molar-refractivity contribution in [2.24, 2.45) is 0 Å². The summed E-state index contributed by atoms with van der Waals surface area (Å²) in [5.41, 5.74) is -5.35. The quantitative estimate of drug-likeness (QED) is 0.411. The second-order valence-corrected chi connectivity index (χ2v) is 6.79. The molecule has 0 bridgehead atoms. The number of hydrogen-bond donors (Lipinski definition) is 1. The maximum absolute atomic E-state index is 13.5. The Hall–Kier alpha value is -0.850. The summed E-state index contributed by atoms with van der Waals surface area (Å²) in [5.74, 6) is -0.728. The second-order valence-electron chi connectivity index (χ2n) is 4.49. The molecule has 0 aliphatic rings. The Morgan fingerprint density at radius 2 is 1.50 bits per heavy atom. The third-order valence-corrected chi connectivity index (χ3v) is 3.93. The number of rotatable bonds is 4. The van der Waals surface area contributed by atoms with Gasteiger partial charge >= 0.3 is 18.0 Å². The van der Waals surface area contributed by atoms with Crippen LogP contribution in [0.5, 0.6) is 0 Å². The third kappa shape index (κ3) is 5.07. The Bertz CT molecular complexity index is 611. The first-order valence-electron chi connectivity index (χ1n) is 6.01. The number of alkyl halides is 7. The van der Waals surface area contributed by atoms with Crippen molar-refractivity contribution in [1.29, 1.82) is 0 Å². The largest absolute Gasteiger partial charge is 0.435 e. The molecule has 0 spiro atoms. The Labute approximate surface area is 153 Å². The zero-order valence-electron chi connectivity index (χ0n) is 11.4. The van der Waals surface area contributed by atoms with Crippen LogP contribution >= 0.6 is 38.5 Å². The summed E-state index contributed by atoms with van der Waals surface area (Å²) >= 11 is 4.23. The summed E-state index contributed by atoms with van der Waals surface area (Å²) in [6, 6.07) is 5.83. The van der Waals surface area contributed by atoms with E-state index in [0.717, 1.165) is 22.6 Å². The smallest absolute Gasteiger partial charge is 0.348 e.